The second kappa shape index (κ2) is 6.91. The molecule has 1 N–H and O–H groups in total. The average molecular weight is 304 g/mol. The third-order valence-corrected chi connectivity index (χ3v) is 4.32. The molecule has 2 aromatic rings. The maximum atomic E-state index is 5.74. The number of hydrogen-bond acceptors (Lipinski definition) is 5. The summed E-state index contributed by atoms with van der Waals surface area (Å²) in [6.45, 7) is 5.52. The van der Waals surface area contributed by atoms with Crippen LogP contribution >= 0.6 is 11.3 Å². The number of rotatable bonds is 5. The fourth-order valence-electron chi connectivity index (χ4n) is 2.21. The second-order valence-corrected chi connectivity index (χ2v) is 6.14. The molecule has 0 atom stereocenters. The summed E-state index contributed by atoms with van der Waals surface area (Å²) in [6.07, 6.45) is 4.02. The largest absolute Gasteiger partial charge is 0.490 e. The van der Waals surface area contributed by atoms with E-state index in [0.717, 1.165) is 54.6 Å². The van der Waals surface area contributed by atoms with Gasteiger partial charge in [0.25, 0.3) is 0 Å². The monoisotopic (exact) mass is 304 g/mol. The van der Waals surface area contributed by atoms with Crippen molar-refractivity contribution in [3.8, 4) is 22.1 Å². The van der Waals surface area contributed by atoms with Gasteiger partial charge in [-0.05, 0) is 31.2 Å². The van der Waals surface area contributed by atoms with Crippen LogP contribution in [0.1, 0.15) is 24.6 Å². The van der Waals surface area contributed by atoms with Gasteiger partial charge in [0.15, 0.2) is 11.5 Å². The van der Waals surface area contributed by atoms with Crippen LogP contribution in [0.3, 0.4) is 0 Å². The van der Waals surface area contributed by atoms with Crippen molar-refractivity contribution in [2.24, 2.45) is 0 Å². The Labute approximate surface area is 129 Å². The quantitative estimate of drug-likeness (QED) is 0.859. The van der Waals surface area contributed by atoms with Crippen molar-refractivity contribution >= 4 is 11.3 Å². The molecule has 0 amide bonds. The van der Waals surface area contributed by atoms with E-state index in [4.69, 9.17) is 9.47 Å². The zero-order valence-corrected chi connectivity index (χ0v) is 13.0. The molecular weight excluding hydrogens is 284 g/mol. The van der Waals surface area contributed by atoms with Gasteiger partial charge >= 0.3 is 0 Å². The minimum atomic E-state index is 0.709. The number of nitrogens with zero attached hydrogens (tertiary/aromatic N) is 1. The summed E-state index contributed by atoms with van der Waals surface area (Å²) in [5.41, 5.74) is 1.09. The Morgan fingerprint density at radius 1 is 1.24 bits per heavy atom. The Bertz CT molecular complexity index is 598. The molecule has 0 unspecified atom stereocenters. The second-order valence-electron chi connectivity index (χ2n) is 5.02. The number of thiazole rings is 1. The molecule has 0 radical (unpaired) electrons. The van der Waals surface area contributed by atoms with Crippen molar-refractivity contribution in [1.82, 2.24) is 10.3 Å². The zero-order chi connectivity index (χ0) is 14.5. The van der Waals surface area contributed by atoms with Crippen LogP contribution in [0.25, 0.3) is 10.6 Å². The van der Waals surface area contributed by atoms with Gasteiger partial charge in [0.2, 0.25) is 0 Å². The molecule has 0 saturated carbocycles. The van der Waals surface area contributed by atoms with Crippen LogP contribution in [-0.2, 0) is 6.54 Å². The van der Waals surface area contributed by atoms with E-state index in [-0.39, 0.29) is 0 Å². The van der Waals surface area contributed by atoms with Crippen molar-refractivity contribution in [2.75, 3.05) is 19.8 Å². The van der Waals surface area contributed by atoms with Crippen molar-refractivity contribution in [2.45, 2.75) is 26.3 Å². The fraction of sp³-hybridized carbons (Fsp3) is 0.438. The first-order chi connectivity index (χ1) is 10.4. The van der Waals surface area contributed by atoms with Gasteiger partial charge in [0, 0.05) is 29.6 Å². The summed E-state index contributed by atoms with van der Waals surface area (Å²) in [4.78, 5) is 5.77. The first kappa shape index (κ1) is 14.4. The maximum absolute atomic E-state index is 5.74. The Kier molecular flexibility index (Phi) is 4.72. The third kappa shape index (κ3) is 3.54. The molecule has 5 heteroatoms. The summed E-state index contributed by atoms with van der Waals surface area (Å²) in [5.74, 6) is 1.66. The first-order valence-corrected chi connectivity index (χ1v) is 8.24. The van der Waals surface area contributed by atoms with Gasteiger partial charge in [-0.25, -0.2) is 4.98 Å². The lowest BCUT2D eigenvalue weighted by Crippen LogP contribution is -2.12. The van der Waals surface area contributed by atoms with Crippen molar-refractivity contribution in [3.63, 3.8) is 0 Å². The highest BCUT2D eigenvalue weighted by atomic mass is 32.1. The van der Waals surface area contributed by atoms with E-state index in [1.54, 1.807) is 11.3 Å². The molecule has 0 aliphatic carbocycles. The SMILES string of the molecule is CCCNCc1cnc(-c2ccc3c(c2)OCCCO3)s1. The molecule has 1 aliphatic heterocycles. The number of hydrogen-bond donors (Lipinski definition) is 1. The summed E-state index contributed by atoms with van der Waals surface area (Å²) >= 11 is 1.72. The first-order valence-electron chi connectivity index (χ1n) is 7.42. The van der Waals surface area contributed by atoms with Gasteiger partial charge in [-0.1, -0.05) is 6.92 Å². The number of fused-ring (bicyclic) bond motifs is 1. The van der Waals surface area contributed by atoms with Crippen LogP contribution in [0.4, 0.5) is 0 Å². The molecule has 2 heterocycles. The van der Waals surface area contributed by atoms with E-state index < -0.39 is 0 Å². The Morgan fingerprint density at radius 3 is 2.95 bits per heavy atom. The standard InChI is InChI=1S/C16H20N2O2S/c1-2-6-17-10-13-11-18-16(21-13)12-4-5-14-15(9-12)20-8-3-7-19-14/h4-5,9,11,17H,2-3,6-8,10H2,1H3. The molecule has 1 aromatic carbocycles. The molecule has 0 fully saturated rings. The van der Waals surface area contributed by atoms with Crippen LogP contribution < -0.4 is 14.8 Å². The van der Waals surface area contributed by atoms with Crippen molar-refractivity contribution < 1.29 is 9.47 Å². The molecule has 0 bridgehead atoms. The Balaban J connectivity index is 1.76. The normalized spacial score (nSPS) is 14.0. The summed E-state index contributed by atoms with van der Waals surface area (Å²) in [5, 5.41) is 4.43. The number of aromatic nitrogens is 1. The number of nitrogens with one attached hydrogen (secondary N) is 1. The van der Waals surface area contributed by atoms with Crippen LogP contribution in [-0.4, -0.2) is 24.7 Å². The van der Waals surface area contributed by atoms with E-state index in [1.807, 2.05) is 18.3 Å². The van der Waals surface area contributed by atoms with Gasteiger partial charge in [0.1, 0.15) is 5.01 Å². The third-order valence-electron chi connectivity index (χ3n) is 3.27. The lowest BCUT2D eigenvalue weighted by molar-refractivity contribution is 0.297. The van der Waals surface area contributed by atoms with E-state index >= 15 is 0 Å². The Hall–Kier alpha value is -1.59. The molecule has 3 rings (SSSR count). The van der Waals surface area contributed by atoms with Crippen molar-refractivity contribution in [1.29, 1.82) is 0 Å². The summed E-state index contributed by atoms with van der Waals surface area (Å²) < 4.78 is 11.4. The predicted molar refractivity (Wildman–Crippen MR) is 85.2 cm³/mol. The van der Waals surface area contributed by atoms with Crippen molar-refractivity contribution in [3.05, 3.63) is 29.3 Å². The van der Waals surface area contributed by atoms with Crippen LogP contribution in [0.15, 0.2) is 24.4 Å². The lowest BCUT2D eigenvalue weighted by Gasteiger charge is -2.07. The highest BCUT2D eigenvalue weighted by Crippen LogP contribution is 2.35. The molecule has 112 valence electrons. The van der Waals surface area contributed by atoms with Gasteiger partial charge in [-0.3, -0.25) is 0 Å². The molecule has 4 nitrogen and oxygen atoms in total. The van der Waals surface area contributed by atoms with E-state index in [0.29, 0.717) is 6.61 Å². The van der Waals surface area contributed by atoms with Crippen LogP contribution in [0.2, 0.25) is 0 Å². The van der Waals surface area contributed by atoms with Crippen LogP contribution in [0, 0.1) is 0 Å². The van der Waals surface area contributed by atoms with Gasteiger partial charge < -0.3 is 14.8 Å². The van der Waals surface area contributed by atoms with E-state index in [1.165, 1.54) is 4.88 Å². The van der Waals surface area contributed by atoms with Gasteiger partial charge in [-0.2, -0.15) is 0 Å². The van der Waals surface area contributed by atoms with Crippen LogP contribution in [0.5, 0.6) is 11.5 Å². The fourth-order valence-corrected chi connectivity index (χ4v) is 3.09. The van der Waals surface area contributed by atoms with Gasteiger partial charge in [-0.15, -0.1) is 11.3 Å². The molecule has 1 aliphatic rings. The van der Waals surface area contributed by atoms with E-state index in [2.05, 4.69) is 23.3 Å². The number of benzene rings is 1. The lowest BCUT2D eigenvalue weighted by atomic mass is 10.2. The zero-order valence-electron chi connectivity index (χ0n) is 12.2. The number of ether oxygens (including phenoxy) is 2. The molecule has 0 spiro atoms. The van der Waals surface area contributed by atoms with Gasteiger partial charge in [0.05, 0.1) is 13.2 Å². The highest BCUT2D eigenvalue weighted by molar-refractivity contribution is 7.15. The summed E-state index contributed by atoms with van der Waals surface area (Å²) in [6, 6.07) is 6.06. The maximum Gasteiger partial charge on any atom is 0.161 e. The molecular formula is C16H20N2O2S. The summed E-state index contributed by atoms with van der Waals surface area (Å²) in [7, 11) is 0. The predicted octanol–water partition coefficient (Wildman–Crippen LogP) is 3.47. The Morgan fingerprint density at radius 2 is 2.10 bits per heavy atom. The minimum Gasteiger partial charge on any atom is -0.490 e. The van der Waals surface area contributed by atoms with E-state index in [9.17, 15) is 0 Å². The molecule has 0 saturated heterocycles. The topological polar surface area (TPSA) is 43.4 Å². The highest BCUT2D eigenvalue weighted by Gasteiger charge is 2.13. The average Bonchev–Trinajstić information content (AvgIpc) is 2.85. The molecule has 21 heavy (non-hydrogen) atoms. The molecule has 1 aromatic heterocycles. The smallest absolute Gasteiger partial charge is 0.161 e. The minimum absolute atomic E-state index is 0.709.